The van der Waals surface area contributed by atoms with Crippen molar-refractivity contribution in [3.8, 4) is 5.75 Å². The number of nitrogens with one attached hydrogen (secondary N) is 1. The minimum Gasteiger partial charge on any atom is -0.496 e. The highest BCUT2D eigenvalue weighted by molar-refractivity contribution is 7.98. The van der Waals surface area contributed by atoms with Gasteiger partial charge in [-0.3, -0.25) is 4.79 Å². The monoisotopic (exact) mass is 352 g/mol. The van der Waals surface area contributed by atoms with E-state index in [1.807, 2.05) is 30.3 Å². The van der Waals surface area contributed by atoms with Crippen LogP contribution >= 0.6 is 11.8 Å². The Kier molecular flexibility index (Phi) is 6.95. The summed E-state index contributed by atoms with van der Waals surface area (Å²) in [7, 11) is 5.22. The fourth-order valence-electron chi connectivity index (χ4n) is 3.33. The quantitative estimate of drug-likeness (QED) is 0.764. The van der Waals surface area contributed by atoms with Crippen LogP contribution < -0.4 is 10.1 Å². The molecule has 2 rings (SSSR count). The van der Waals surface area contributed by atoms with E-state index in [1.54, 1.807) is 26.0 Å². The van der Waals surface area contributed by atoms with E-state index in [4.69, 9.17) is 9.47 Å². The number of methoxy groups -OCH3 is 2. The molecular weight excluding hydrogens is 324 g/mol. The lowest BCUT2D eigenvalue weighted by molar-refractivity contribution is -0.146. The first-order chi connectivity index (χ1) is 11.6. The van der Waals surface area contributed by atoms with Gasteiger partial charge >= 0.3 is 0 Å². The molecule has 1 amide bonds. The Balaban J connectivity index is 2.12. The van der Waals surface area contributed by atoms with Gasteiger partial charge in [-0.1, -0.05) is 6.07 Å². The van der Waals surface area contributed by atoms with Gasteiger partial charge in [-0.2, -0.15) is 0 Å². The Bertz CT molecular complexity index is 554. The van der Waals surface area contributed by atoms with Gasteiger partial charge in [0, 0.05) is 25.6 Å². The lowest BCUT2D eigenvalue weighted by Gasteiger charge is -2.38. The van der Waals surface area contributed by atoms with Gasteiger partial charge in [-0.15, -0.1) is 11.8 Å². The van der Waals surface area contributed by atoms with Crippen LogP contribution in [0.5, 0.6) is 5.75 Å². The molecule has 1 aliphatic heterocycles. The van der Waals surface area contributed by atoms with Gasteiger partial charge in [0.15, 0.2) is 0 Å². The van der Waals surface area contributed by atoms with E-state index in [0.717, 1.165) is 42.1 Å². The standard InChI is InChI=1S/C18H28N2O3S/c1-20(12-14-5-6-16(24-4)15(11-14)23-3)17(21)18(13-22-2)7-9-19-10-8-18/h5-6,11,19H,7-10,12-13H2,1-4H3. The lowest BCUT2D eigenvalue weighted by Crippen LogP contribution is -2.50. The third kappa shape index (κ3) is 4.23. The Morgan fingerprint density at radius 3 is 2.62 bits per heavy atom. The van der Waals surface area contributed by atoms with Crippen molar-refractivity contribution in [2.45, 2.75) is 24.3 Å². The van der Waals surface area contributed by atoms with E-state index in [9.17, 15) is 4.79 Å². The van der Waals surface area contributed by atoms with Crippen molar-refractivity contribution in [3.63, 3.8) is 0 Å². The molecule has 6 heteroatoms. The number of benzene rings is 1. The SMILES string of the molecule is COCC1(C(=O)N(C)Cc2ccc(SC)c(OC)c2)CCNCC1. The zero-order chi connectivity index (χ0) is 17.6. The predicted molar refractivity (Wildman–Crippen MR) is 97.7 cm³/mol. The van der Waals surface area contributed by atoms with Crippen LogP contribution in [-0.2, 0) is 16.1 Å². The summed E-state index contributed by atoms with van der Waals surface area (Å²) in [5.74, 6) is 1.02. The van der Waals surface area contributed by atoms with Crippen LogP contribution in [0.4, 0.5) is 0 Å². The fraction of sp³-hybridized carbons (Fsp3) is 0.611. The number of hydrogen-bond acceptors (Lipinski definition) is 5. The first-order valence-corrected chi connectivity index (χ1v) is 9.45. The average molecular weight is 353 g/mol. The van der Waals surface area contributed by atoms with Crippen LogP contribution in [0.3, 0.4) is 0 Å². The molecule has 1 fully saturated rings. The van der Waals surface area contributed by atoms with Crippen LogP contribution in [0.25, 0.3) is 0 Å². The van der Waals surface area contributed by atoms with E-state index in [1.165, 1.54) is 0 Å². The molecule has 0 aromatic heterocycles. The topological polar surface area (TPSA) is 50.8 Å². The molecule has 24 heavy (non-hydrogen) atoms. The number of ether oxygens (including phenoxy) is 2. The molecule has 1 aromatic carbocycles. The summed E-state index contributed by atoms with van der Waals surface area (Å²) in [5, 5.41) is 3.32. The normalized spacial score (nSPS) is 16.7. The molecule has 0 unspecified atom stereocenters. The molecule has 5 nitrogen and oxygen atoms in total. The number of carbonyl (C=O) groups is 1. The van der Waals surface area contributed by atoms with Gasteiger partial charge in [0.2, 0.25) is 5.91 Å². The second kappa shape index (κ2) is 8.74. The summed E-state index contributed by atoms with van der Waals surface area (Å²) in [5.41, 5.74) is 0.667. The highest BCUT2D eigenvalue weighted by Gasteiger charge is 2.41. The number of piperidine rings is 1. The second-order valence-corrected chi connectivity index (χ2v) is 7.16. The van der Waals surface area contributed by atoms with Crippen molar-refractivity contribution in [2.24, 2.45) is 5.41 Å². The number of rotatable bonds is 7. The molecule has 1 N–H and O–H groups in total. The zero-order valence-electron chi connectivity index (χ0n) is 15.1. The molecule has 0 radical (unpaired) electrons. The maximum atomic E-state index is 13.1. The van der Waals surface area contributed by atoms with Crippen LogP contribution in [0.15, 0.2) is 23.1 Å². The molecular formula is C18H28N2O3S. The first kappa shape index (κ1) is 19.1. The molecule has 1 saturated heterocycles. The largest absolute Gasteiger partial charge is 0.496 e. The fourth-order valence-corrected chi connectivity index (χ4v) is 3.88. The molecule has 0 spiro atoms. The minimum absolute atomic E-state index is 0.166. The lowest BCUT2D eigenvalue weighted by atomic mass is 9.78. The molecule has 0 bridgehead atoms. The summed E-state index contributed by atoms with van der Waals surface area (Å²) in [6, 6.07) is 6.12. The Labute approximate surface area is 149 Å². The highest BCUT2D eigenvalue weighted by atomic mass is 32.2. The third-order valence-corrected chi connectivity index (χ3v) is 5.43. The van der Waals surface area contributed by atoms with Gasteiger partial charge in [-0.25, -0.2) is 0 Å². The van der Waals surface area contributed by atoms with Crippen LogP contribution in [0.2, 0.25) is 0 Å². The van der Waals surface area contributed by atoms with Crippen molar-refractivity contribution in [2.75, 3.05) is 47.2 Å². The van der Waals surface area contributed by atoms with Gasteiger partial charge in [0.25, 0.3) is 0 Å². The van der Waals surface area contributed by atoms with Crippen molar-refractivity contribution in [3.05, 3.63) is 23.8 Å². The molecule has 1 aromatic rings. The number of amides is 1. The maximum Gasteiger partial charge on any atom is 0.231 e. The van der Waals surface area contributed by atoms with E-state index in [2.05, 4.69) is 11.4 Å². The van der Waals surface area contributed by atoms with Crippen molar-refractivity contribution >= 4 is 17.7 Å². The van der Waals surface area contributed by atoms with Crippen LogP contribution in [-0.4, -0.2) is 58.0 Å². The van der Waals surface area contributed by atoms with Crippen molar-refractivity contribution in [1.29, 1.82) is 0 Å². The Hall–Kier alpha value is -1.24. The van der Waals surface area contributed by atoms with E-state index >= 15 is 0 Å². The Morgan fingerprint density at radius 2 is 2.04 bits per heavy atom. The van der Waals surface area contributed by atoms with E-state index in [-0.39, 0.29) is 5.91 Å². The Morgan fingerprint density at radius 1 is 1.33 bits per heavy atom. The molecule has 0 atom stereocenters. The first-order valence-electron chi connectivity index (χ1n) is 8.22. The summed E-state index contributed by atoms with van der Waals surface area (Å²) in [4.78, 5) is 16.0. The highest BCUT2D eigenvalue weighted by Crippen LogP contribution is 2.33. The third-order valence-electron chi connectivity index (χ3n) is 4.65. The molecule has 0 saturated carbocycles. The predicted octanol–water partition coefficient (Wildman–Crippen LogP) is 2.39. The number of nitrogens with zero attached hydrogens (tertiary/aromatic N) is 1. The van der Waals surface area contributed by atoms with Crippen LogP contribution in [0.1, 0.15) is 18.4 Å². The second-order valence-electron chi connectivity index (χ2n) is 6.31. The minimum atomic E-state index is -0.405. The van der Waals surface area contributed by atoms with Gasteiger partial charge in [-0.05, 0) is 49.9 Å². The summed E-state index contributed by atoms with van der Waals surface area (Å²) >= 11 is 1.65. The average Bonchev–Trinajstić information content (AvgIpc) is 2.61. The molecule has 1 aliphatic rings. The van der Waals surface area contributed by atoms with Crippen molar-refractivity contribution in [1.82, 2.24) is 10.2 Å². The van der Waals surface area contributed by atoms with Gasteiger partial charge in [0.05, 0.1) is 19.1 Å². The van der Waals surface area contributed by atoms with Gasteiger partial charge in [0.1, 0.15) is 5.75 Å². The summed E-state index contributed by atoms with van der Waals surface area (Å²) < 4.78 is 10.8. The molecule has 1 heterocycles. The number of hydrogen-bond donors (Lipinski definition) is 1. The smallest absolute Gasteiger partial charge is 0.231 e. The summed E-state index contributed by atoms with van der Waals surface area (Å²) in [6.07, 6.45) is 3.66. The van der Waals surface area contributed by atoms with Gasteiger partial charge < -0.3 is 19.7 Å². The van der Waals surface area contributed by atoms with E-state index in [0.29, 0.717) is 13.2 Å². The zero-order valence-corrected chi connectivity index (χ0v) is 15.9. The molecule has 134 valence electrons. The summed E-state index contributed by atoms with van der Waals surface area (Å²) in [6.45, 7) is 2.77. The van der Waals surface area contributed by atoms with Crippen molar-refractivity contribution < 1.29 is 14.3 Å². The number of thioether (sulfide) groups is 1. The molecule has 0 aliphatic carbocycles. The van der Waals surface area contributed by atoms with Crippen LogP contribution in [0, 0.1) is 5.41 Å². The maximum absolute atomic E-state index is 13.1. The van der Waals surface area contributed by atoms with E-state index < -0.39 is 5.41 Å². The number of carbonyl (C=O) groups excluding carboxylic acids is 1.